The summed E-state index contributed by atoms with van der Waals surface area (Å²) in [5, 5.41) is 4.14. The molecule has 0 spiro atoms. The zero-order valence-electron chi connectivity index (χ0n) is 13.4. The van der Waals surface area contributed by atoms with Crippen LogP contribution in [0, 0.1) is 5.92 Å². The first kappa shape index (κ1) is 15.4. The Morgan fingerprint density at radius 1 is 1.18 bits per heavy atom. The van der Waals surface area contributed by atoms with Gasteiger partial charge in [0.2, 0.25) is 5.91 Å². The second kappa shape index (κ2) is 7.19. The highest BCUT2D eigenvalue weighted by atomic mass is 16.2. The van der Waals surface area contributed by atoms with Crippen LogP contribution in [0.1, 0.15) is 12.8 Å². The number of carbonyl (C=O) groups excluding carboxylic acids is 1. The molecule has 122 valence electrons. The van der Waals surface area contributed by atoms with Crippen LogP contribution >= 0.6 is 0 Å². The summed E-state index contributed by atoms with van der Waals surface area (Å²) in [6.07, 6.45) is 5.13. The Kier molecular flexibility index (Phi) is 5.04. The number of rotatable bonds is 5. The first-order valence-electron chi connectivity index (χ1n) is 8.22. The predicted molar refractivity (Wildman–Crippen MR) is 83.3 cm³/mol. The van der Waals surface area contributed by atoms with E-state index in [1.165, 1.54) is 0 Å². The number of likely N-dealkylation sites (tertiary alicyclic amines) is 1. The molecule has 22 heavy (non-hydrogen) atoms. The third-order valence-corrected chi connectivity index (χ3v) is 4.82. The van der Waals surface area contributed by atoms with Crippen LogP contribution in [-0.4, -0.2) is 88.2 Å². The molecule has 1 amide bonds. The smallest absolute Gasteiger partial charge is 0.222 e. The third kappa shape index (κ3) is 4.04. The van der Waals surface area contributed by atoms with Crippen LogP contribution in [0.2, 0.25) is 0 Å². The van der Waals surface area contributed by atoms with Gasteiger partial charge in [0.1, 0.15) is 12.7 Å². The van der Waals surface area contributed by atoms with E-state index in [0.29, 0.717) is 11.8 Å². The fraction of sp³-hybridized carbons (Fsp3) is 0.800. The van der Waals surface area contributed by atoms with Gasteiger partial charge in [-0.1, -0.05) is 0 Å². The molecule has 0 aliphatic carbocycles. The summed E-state index contributed by atoms with van der Waals surface area (Å²) in [6.45, 7) is 8.51. The summed E-state index contributed by atoms with van der Waals surface area (Å²) < 4.78 is 1.89. The van der Waals surface area contributed by atoms with Gasteiger partial charge in [0.05, 0.1) is 6.54 Å². The summed E-state index contributed by atoms with van der Waals surface area (Å²) in [7, 11) is 1.93. The molecule has 7 heteroatoms. The summed E-state index contributed by atoms with van der Waals surface area (Å²) in [6, 6.07) is 0. The lowest BCUT2D eigenvalue weighted by Crippen LogP contribution is -2.50. The van der Waals surface area contributed by atoms with Crippen LogP contribution in [0.25, 0.3) is 0 Å². The Labute approximate surface area is 131 Å². The molecule has 1 aromatic rings. The molecule has 3 rings (SSSR count). The molecule has 1 atom stereocenters. The molecule has 0 bridgehead atoms. The van der Waals surface area contributed by atoms with Crippen molar-refractivity contribution in [3.8, 4) is 0 Å². The number of piperazine rings is 1. The van der Waals surface area contributed by atoms with Crippen molar-refractivity contribution in [2.75, 3.05) is 52.9 Å². The molecule has 2 aliphatic rings. The molecule has 1 aromatic heterocycles. The van der Waals surface area contributed by atoms with Gasteiger partial charge in [-0.25, -0.2) is 4.98 Å². The number of carbonyl (C=O) groups is 1. The Morgan fingerprint density at radius 3 is 2.64 bits per heavy atom. The topological polar surface area (TPSA) is 57.5 Å². The van der Waals surface area contributed by atoms with Crippen LogP contribution in [0.3, 0.4) is 0 Å². The summed E-state index contributed by atoms with van der Waals surface area (Å²) >= 11 is 0. The molecule has 2 fully saturated rings. The van der Waals surface area contributed by atoms with Gasteiger partial charge < -0.3 is 9.80 Å². The van der Waals surface area contributed by atoms with E-state index in [9.17, 15) is 4.79 Å². The fourth-order valence-electron chi connectivity index (χ4n) is 3.40. The standard InChI is InChI=1S/C15H26N6O/c1-18-10-14(2-3-15(18)22)11-20-6-4-19(5-7-20)8-9-21-13-16-12-17-21/h12-14H,2-11H2,1H3. The lowest BCUT2D eigenvalue weighted by Gasteiger charge is -2.38. The Balaban J connectivity index is 1.36. The van der Waals surface area contributed by atoms with Crippen LogP contribution in [0.5, 0.6) is 0 Å². The molecule has 0 radical (unpaired) electrons. The highest BCUT2D eigenvalue weighted by Crippen LogP contribution is 2.18. The molecule has 7 nitrogen and oxygen atoms in total. The number of nitrogens with zero attached hydrogens (tertiary/aromatic N) is 6. The largest absolute Gasteiger partial charge is 0.345 e. The second-order valence-electron chi connectivity index (χ2n) is 6.48. The highest BCUT2D eigenvalue weighted by molar-refractivity contribution is 5.76. The van der Waals surface area contributed by atoms with E-state index in [1.54, 1.807) is 12.7 Å². The van der Waals surface area contributed by atoms with Crippen molar-refractivity contribution >= 4 is 5.91 Å². The van der Waals surface area contributed by atoms with E-state index in [4.69, 9.17) is 0 Å². The molecule has 0 saturated carbocycles. The summed E-state index contributed by atoms with van der Waals surface area (Å²) in [4.78, 5) is 22.5. The Morgan fingerprint density at radius 2 is 1.95 bits per heavy atom. The Bertz CT molecular complexity index is 468. The molecule has 0 aromatic carbocycles. The number of hydrogen-bond acceptors (Lipinski definition) is 5. The minimum Gasteiger partial charge on any atom is -0.345 e. The maximum absolute atomic E-state index is 11.5. The molecule has 1 unspecified atom stereocenters. The van der Waals surface area contributed by atoms with E-state index in [-0.39, 0.29) is 0 Å². The van der Waals surface area contributed by atoms with E-state index >= 15 is 0 Å². The van der Waals surface area contributed by atoms with Crippen molar-refractivity contribution in [3.05, 3.63) is 12.7 Å². The van der Waals surface area contributed by atoms with E-state index in [2.05, 4.69) is 19.9 Å². The summed E-state index contributed by atoms with van der Waals surface area (Å²) in [5.41, 5.74) is 0. The van der Waals surface area contributed by atoms with Crippen molar-refractivity contribution in [2.45, 2.75) is 19.4 Å². The van der Waals surface area contributed by atoms with E-state index < -0.39 is 0 Å². The quantitative estimate of drug-likeness (QED) is 0.752. The van der Waals surface area contributed by atoms with Gasteiger partial charge in [0.15, 0.2) is 0 Å². The van der Waals surface area contributed by atoms with Gasteiger partial charge in [-0.05, 0) is 12.3 Å². The first-order chi connectivity index (χ1) is 10.7. The van der Waals surface area contributed by atoms with Gasteiger partial charge in [0.25, 0.3) is 0 Å². The molecular weight excluding hydrogens is 280 g/mol. The Hall–Kier alpha value is -1.47. The van der Waals surface area contributed by atoms with Gasteiger partial charge in [0, 0.05) is 59.3 Å². The van der Waals surface area contributed by atoms with Gasteiger partial charge in [-0.15, -0.1) is 0 Å². The molecule has 0 N–H and O–H groups in total. The molecule has 2 aliphatic heterocycles. The maximum Gasteiger partial charge on any atom is 0.222 e. The van der Waals surface area contributed by atoms with Crippen LogP contribution in [0.15, 0.2) is 12.7 Å². The average Bonchev–Trinajstić information content (AvgIpc) is 3.04. The normalized spacial score (nSPS) is 24.9. The van der Waals surface area contributed by atoms with Crippen LogP contribution in [0.4, 0.5) is 0 Å². The minimum absolute atomic E-state index is 0.300. The van der Waals surface area contributed by atoms with Crippen molar-refractivity contribution in [3.63, 3.8) is 0 Å². The lowest BCUT2D eigenvalue weighted by atomic mass is 9.97. The number of hydrogen-bond donors (Lipinski definition) is 0. The van der Waals surface area contributed by atoms with Crippen LogP contribution in [-0.2, 0) is 11.3 Å². The average molecular weight is 306 g/mol. The summed E-state index contributed by atoms with van der Waals surface area (Å²) in [5.74, 6) is 0.943. The number of piperidine rings is 1. The van der Waals surface area contributed by atoms with Crippen molar-refractivity contribution < 1.29 is 4.79 Å². The van der Waals surface area contributed by atoms with Gasteiger partial charge in [-0.3, -0.25) is 14.4 Å². The van der Waals surface area contributed by atoms with Crippen molar-refractivity contribution in [1.82, 2.24) is 29.5 Å². The monoisotopic (exact) mass is 306 g/mol. The highest BCUT2D eigenvalue weighted by Gasteiger charge is 2.26. The first-order valence-corrected chi connectivity index (χ1v) is 8.22. The second-order valence-corrected chi connectivity index (χ2v) is 6.48. The molecule has 2 saturated heterocycles. The van der Waals surface area contributed by atoms with Crippen LogP contribution < -0.4 is 0 Å². The predicted octanol–water partition coefficient (Wildman–Crippen LogP) is -0.236. The van der Waals surface area contributed by atoms with Gasteiger partial charge in [-0.2, -0.15) is 5.10 Å². The minimum atomic E-state index is 0.300. The van der Waals surface area contributed by atoms with Crippen molar-refractivity contribution in [2.24, 2.45) is 5.92 Å². The molecule has 3 heterocycles. The van der Waals surface area contributed by atoms with Gasteiger partial charge >= 0.3 is 0 Å². The third-order valence-electron chi connectivity index (χ3n) is 4.82. The zero-order valence-corrected chi connectivity index (χ0v) is 13.4. The SMILES string of the molecule is CN1CC(CN2CCN(CCn3cncn3)CC2)CCC1=O. The van der Waals surface area contributed by atoms with Crippen molar-refractivity contribution in [1.29, 1.82) is 0 Å². The zero-order chi connectivity index (χ0) is 15.4. The number of amides is 1. The van der Waals surface area contributed by atoms with E-state index in [1.807, 2.05) is 16.6 Å². The molecular formula is C15H26N6O. The lowest BCUT2D eigenvalue weighted by molar-refractivity contribution is -0.133. The van der Waals surface area contributed by atoms with E-state index in [0.717, 1.165) is 65.2 Å². The maximum atomic E-state index is 11.5. The fourth-order valence-corrected chi connectivity index (χ4v) is 3.40. The number of aromatic nitrogens is 3.